The zero-order valence-corrected chi connectivity index (χ0v) is 11.3. The highest BCUT2D eigenvalue weighted by atomic mass is 32.2. The normalized spacial score (nSPS) is 23.7. The maximum absolute atomic E-state index is 11.4. The highest BCUT2D eigenvalue weighted by molar-refractivity contribution is 7.91. The van der Waals surface area contributed by atoms with Gasteiger partial charge in [-0.1, -0.05) is 13.3 Å². The first-order chi connectivity index (χ1) is 8.00. The van der Waals surface area contributed by atoms with Gasteiger partial charge in [-0.3, -0.25) is 10.4 Å². The van der Waals surface area contributed by atoms with Crippen LogP contribution in [0, 0.1) is 0 Å². The second kappa shape index (κ2) is 6.20. The van der Waals surface area contributed by atoms with Crippen LogP contribution in [-0.2, 0) is 9.84 Å². The summed E-state index contributed by atoms with van der Waals surface area (Å²) in [5.41, 5.74) is 2.55. The molecule has 6 nitrogen and oxygen atoms in total. The zero-order chi connectivity index (χ0) is 12.9. The molecular weight excluding hydrogens is 240 g/mol. The van der Waals surface area contributed by atoms with Crippen LogP contribution in [0.4, 0.5) is 0 Å². The van der Waals surface area contributed by atoms with E-state index in [0.29, 0.717) is 18.9 Å². The third kappa shape index (κ3) is 4.16. The Labute approximate surface area is 103 Å². The summed E-state index contributed by atoms with van der Waals surface area (Å²) in [5, 5.41) is 0. The van der Waals surface area contributed by atoms with Crippen LogP contribution in [0.15, 0.2) is 4.99 Å². The maximum Gasteiger partial charge on any atom is 0.208 e. The molecule has 1 fully saturated rings. The average Bonchev–Trinajstić information content (AvgIpc) is 2.64. The van der Waals surface area contributed by atoms with Gasteiger partial charge in [0.2, 0.25) is 5.96 Å². The lowest BCUT2D eigenvalue weighted by Crippen LogP contribution is -2.48. The van der Waals surface area contributed by atoms with Gasteiger partial charge in [-0.05, 0) is 12.8 Å². The second-order valence-electron chi connectivity index (χ2n) is 4.37. The van der Waals surface area contributed by atoms with E-state index in [9.17, 15) is 8.42 Å². The third-order valence-corrected chi connectivity index (χ3v) is 4.74. The van der Waals surface area contributed by atoms with Gasteiger partial charge in [0, 0.05) is 19.6 Å². The van der Waals surface area contributed by atoms with Gasteiger partial charge in [-0.2, -0.15) is 0 Å². The summed E-state index contributed by atoms with van der Waals surface area (Å²) < 4.78 is 22.8. The van der Waals surface area contributed by atoms with E-state index >= 15 is 0 Å². The molecule has 1 saturated heterocycles. The monoisotopic (exact) mass is 262 g/mol. The number of aliphatic imine (C=N–C) groups is 1. The fraction of sp³-hybridized carbons (Fsp3) is 0.900. The Kier molecular flexibility index (Phi) is 5.20. The quantitative estimate of drug-likeness (QED) is 0.239. The Balaban J connectivity index is 2.60. The minimum absolute atomic E-state index is 0.0172. The van der Waals surface area contributed by atoms with Gasteiger partial charge in [0.1, 0.15) is 0 Å². The first-order valence-corrected chi connectivity index (χ1v) is 7.76. The van der Waals surface area contributed by atoms with Crippen LogP contribution >= 0.6 is 0 Å². The molecule has 100 valence electrons. The van der Waals surface area contributed by atoms with Crippen LogP contribution in [0.1, 0.15) is 26.2 Å². The van der Waals surface area contributed by atoms with E-state index in [1.165, 1.54) is 0 Å². The van der Waals surface area contributed by atoms with Gasteiger partial charge >= 0.3 is 0 Å². The fourth-order valence-electron chi connectivity index (χ4n) is 1.86. The van der Waals surface area contributed by atoms with E-state index in [1.807, 2.05) is 11.9 Å². The molecular formula is C10H22N4O2S. The molecule has 1 heterocycles. The molecule has 0 spiro atoms. The second-order valence-corrected chi connectivity index (χ2v) is 6.60. The van der Waals surface area contributed by atoms with Crippen molar-refractivity contribution >= 4 is 15.8 Å². The number of nitrogens with one attached hydrogen (secondary N) is 1. The van der Waals surface area contributed by atoms with Crippen molar-refractivity contribution < 1.29 is 8.42 Å². The molecule has 17 heavy (non-hydrogen) atoms. The number of sulfone groups is 1. The summed E-state index contributed by atoms with van der Waals surface area (Å²) in [7, 11) is -1.04. The number of hydrazine groups is 1. The summed E-state index contributed by atoms with van der Waals surface area (Å²) in [6.45, 7) is 2.80. The summed E-state index contributed by atoms with van der Waals surface area (Å²) >= 11 is 0. The smallest absolute Gasteiger partial charge is 0.208 e. The lowest BCUT2D eigenvalue weighted by Gasteiger charge is -2.26. The first kappa shape index (κ1) is 14.2. The van der Waals surface area contributed by atoms with E-state index in [2.05, 4.69) is 17.3 Å². The number of guanidine groups is 1. The standard InChI is InChI=1S/C10H22N4O2S/c1-3-4-6-12-10(13-11)14(2)9-5-7-17(15,16)8-9/h9H,3-8,11H2,1-2H3,(H,12,13). The molecule has 0 aromatic heterocycles. The summed E-state index contributed by atoms with van der Waals surface area (Å²) in [5.74, 6) is 6.44. The van der Waals surface area contributed by atoms with Crippen molar-refractivity contribution in [1.29, 1.82) is 0 Å². The number of nitrogens with zero attached hydrogens (tertiary/aromatic N) is 2. The molecule has 1 aliphatic rings. The van der Waals surface area contributed by atoms with Crippen molar-refractivity contribution in [3.8, 4) is 0 Å². The van der Waals surface area contributed by atoms with Crippen molar-refractivity contribution in [2.45, 2.75) is 32.2 Å². The zero-order valence-electron chi connectivity index (χ0n) is 10.5. The largest absolute Gasteiger partial charge is 0.341 e. The Morgan fingerprint density at radius 2 is 2.29 bits per heavy atom. The summed E-state index contributed by atoms with van der Waals surface area (Å²) in [6.07, 6.45) is 2.72. The van der Waals surface area contributed by atoms with Crippen molar-refractivity contribution in [3.63, 3.8) is 0 Å². The molecule has 0 aliphatic carbocycles. The first-order valence-electron chi connectivity index (χ1n) is 5.94. The van der Waals surface area contributed by atoms with Gasteiger partial charge in [-0.25, -0.2) is 14.3 Å². The van der Waals surface area contributed by atoms with E-state index in [1.54, 1.807) is 0 Å². The van der Waals surface area contributed by atoms with Crippen molar-refractivity contribution in [1.82, 2.24) is 10.3 Å². The highest BCUT2D eigenvalue weighted by Crippen LogP contribution is 2.16. The Bertz CT molecular complexity index is 367. The average molecular weight is 262 g/mol. The number of hydrogen-bond donors (Lipinski definition) is 2. The van der Waals surface area contributed by atoms with Crippen molar-refractivity contribution in [2.24, 2.45) is 10.8 Å². The van der Waals surface area contributed by atoms with Crippen LogP contribution in [0.2, 0.25) is 0 Å². The van der Waals surface area contributed by atoms with Gasteiger partial charge in [0.25, 0.3) is 0 Å². The predicted molar refractivity (Wildman–Crippen MR) is 69.4 cm³/mol. The van der Waals surface area contributed by atoms with E-state index in [-0.39, 0.29) is 17.5 Å². The molecule has 1 unspecified atom stereocenters. The van der Waals surface area contributed by atoms with Crippen molar-refractivity contribution in [2.75, 3.05) is 25.1 Å². The van der Waals surface area contributed by atoms with Gasteiger partial charge < -0.3 is 4.90 Å². The van der Waals surface area contributed by atoms with Gasteiger partial charge in [0.05, 0.1) is 11.5 Å². The molecule has 0 radical (unpaired) electrons. The van der Waals surface area contributed by atoms with E-state index in [4.69, 9.17) is 5.84 Å². The van der Waals surface area contributed by atoms with Gasteiger partial charge in [0.15, 0.2) is 9.84 Å². The molecule has 1 aliphatic heterocycles. The molecule has 3 N–H and O–H groups in total. The van der Waals surface area contributed by atoms with Crippen LogP contribution in [0.5, 0.6) is 0 Å². The molecule has 0 aromatic rings. The maximum atomic E-state index is 11.4. The molecule has 0 bridgehead atoms. The number of nitrogens with two attached hydrogens (primary N) is 1. The van der Waals surface area contributed by atoms with Gasteiger partial charge in [-0.15, -0.1) is 0 Å². The summed E-state index contributed by atoms with van der Waals surface area (Å²) in [6, 6.07) is -0.0172. The summed E-state index contributed by atoms with van der Waals surface area (Å²) in [4.78, 5) is 6.17. The third-order valence-electron chi connectivity index (χ3n) is 2.99. The Hall–Kier alpha value is -0.820. The minimum atomic E-state index is -2.87. The lowest BCUT2D eigenvalue weighted by atomic mass is 10.2. The molecule has 0 saturated carbocycles. The van der Waals surface area contributed by atoms with Crippen LogP contribution < -0.4 is 11.3 Å². The van der Waals surface area contributed by atoms with Crippen LogP contribution in [0.3, 0.4) is 0 Å². The van der Waals surface area contributed by atoms with Crippen LogP contribution in [-0.4, -0.2) is 50.4 Å². The Morgan fingerprint density at radius 1 is 1.59 bits per heavy atom. The fourth-order valence-corrected chi connectivity index (χ4v) is 3.63. The number of unbranched alkanes of at least 4 members (excludes halogenated alkanes) is 1. The molecule has 1 rings (SSSR count). The Morgan fingerprint density at radius 3 is 2.76 bits per heavy atom. The molecule has 0 aromatic carbocycles. The number of hydrogen-bond acceptors (Lipinski definition) is 4. The van der Waals surface area contributed by atoms with E-state index < -0.39 is 9.84 Å². The minimum Gasteiger partial charge on any atom is -0.341 e. The predicted octanol–water partition coefficient (Wildman–Crippen LogP) is -0.275. The van der Waals surface area contributed by atoms with Crippen molar-refractivity contribution in [3.05, 3.63) is 0 Å². The lowest BCUT2D eigenvalue weighted by molar-refractivity contribution is 0.382. The molecule has 1 atom stereocenters. The number of rotatable bonds is 4. The van der Waals surface area contributed by atoms with E-state index in [0.717, 1.165) is 12.8 Å². The SMILES string of the molecule is CCCCN=C(NN)N(C)C1CCS(=O)(=O)C1. The molecule has 7 heteroatoms. The highest BCUT2D eigenvalue weighted by Gasteiger charge is 2.31. The molecule has 0 amide bonds. The van der Waals surface area contributed by atoms with Crippen LogP contribution in [0.25, 0.3) is 0 Å². The topological polar surface area (TPSA) is 87.8 Å².